The molecule has 0 aromatic heterocycles. The molecule has 1 heterocycles. The summed E-state index contributed by atoms with van der Waals surface area (Å²) in [6, 6.07) is 18.9. The van der Waals surface area contributed by atoms with Crippen molar-refractivity contribution in [3.05, 3.63) is 94.6 Å². The second-order valence-corrected chi connectivity index (χ2v) is 8.86. The Morgan fingerprint density at radius 2 is 1.63 bits per heavy atom. The van der Waals surface area contributed by atoms with Crippen molar-refractivity contribution in [3.8, 4) is 11.5 Å². The van der Waals surface area contributed by atoms with Crippen LogP contribution in [0.15, 0.2) is 72.3 Å². The highest BCUT2D eigenvalue weighted by Crippen LogP contribution is 2.44. The van der Waals surface area contributed by atoms with Crippen LogP contribution in [0.4, 0.5) is 5.69 Å². The zero-order valence-electron chi connectivity index (χ0n) is 20.5. The molecule has 1 amide bonds. The van der Waals surface area contributed by atoms with E-state index in [1.165, 1.54) is 4.90 Å². The van der Waals surface area contributed by atoms with Gasteiger partial charge in [0.25, 0.3) is 11.7 Å². The summed E-state index contributed by atoms with van der Waals surface area (Å²) >= 11 is 0. The Labute approximate surface area is 205 Å². The Morgan fingerprint density at radius 1 is 0.943 bits per heavy atom. The maximum Gasteiger partial charge on any atom is 0.300 e. The predicted octanol–water partition coefficient (Wildman–Crippen LogP) is 5.73. The summed E-state index contributed by atoms with van der Waals surface area (Å²) in [5, 5.41) is 11.4. The fraction of sp³-hybridized carbons (Fsp3) is 0.241. The van der Waals surface area contributed by atoms with E-state index in [1.54, 1.807) is 49.6 Å². The quantitative estimate of drug-likeness (QED) is 0.282. The summed E-state index contributed by atoms with van der Waals surface area (Å²) in [6.07, 6.45) is -0.0564. The number of Topliss-reactive ketones (excluding diaryl/α,β-unsaturated/α-hetero) is 1. The molecule has 6 nitrogen and oxygen atoms in total. The molecule has 0 spiro atoms. The van der Waals surface area contributed by atoms with E-state index < -0.39 is 17.7 Å². The molecule has 1 N–H and O–H groups in total. The normalized spacial score (nSPS) is 17.2. The van der Waals surface area contributed by atoms with E-state index >= 15 is 0 Å². The maximum atomic E-state index is 13.4. The molecule has 3 aromatic carbocycles. The minimum atomic E-state index is -0.833. The highest BCUT2D eigenvalue weighted by molar-refractivity contribution is 6.51. The number of aliphatic hydroxyl groups is 1. The third-order valence-electron chi connectivity index (χ3n) is 6.17. The monoisotopic (exact) mass is 471 g/mol. The van der Waals surface area contributed by atoms with Gasteiger partial charge < -0.3 is 14.6 Å². The van der Waals surface area contributed by atoms with Crippen molar-refractivity contribution in [3.63, 3.8) is 0 Å². The summed E-state index contributed by atoms with van der Waals surface area (Å²) in [4.78, 5) is 28.3. The van der Waals surface area contributed by atoms with Gasteiger partial charge in [-0.25, -0.2) is 0 Å². The van der Waals surface area contributed by atoms with Crippen LogP contribution in [-0.4, -0.2) is 30.0 Å². The molecule has 35 heavy (non-hydrogen) atoms. The Balaban J connectivity index is 1.95. The standard InChI is InChI=1S/C29H29NO5/c1-17(2)35-23-13-8-11-21(16-23)27(31)25-26(20-10-7-12-22(15-20)34-5)30(29(33)28(25)32)24-14-6-9-18(3)19(24)4/h6-17,26,31H,1-5H3/b27-25+. The van der Waals surface area contributed by atoms with Crippen LogP contribution in [0.1, 0.15) is 42.1 Å². The SMILES string of the molecule is COc1cccc(C2/C(=C(\O)c3cccc(OC(C)C)c3)C(=O)C(=O)N2c2cccc(C)c2C)c1. The Kier molecular flexibility index (Phi) is 6.65. The van der Waals surface area contributed by atoms with E-state index in [0.29, 0.717) is 28.3 Å². The first kappa shape index (κ1) is 24.1. The van der Waals surface area contributed by atoms with Crippen molar-refractivity contribution in [2.75, 3.05) is 12.0 Å². The van der Waals surface area contributed by atoms with Crippen LogP contribution in [0.5, 0.6) is 11.5 Å². The Bertz CT molecular complexity index is 1320. The fourth-order valence-corrected chi connectivity index (χ4v) is 4.35. The van der Waals surface area contributed by atoms with Crippen LogP contribution in [-0.2, 0) is 9.59 Å². The first-order valence-electron chi connectivity index (χ1n) is 11.5. The van der Waals surface area contributed by atoms with E-state index in [-0.39, 0.29) is 17.4 Å². The first-order chi connectivity index (χ1) is 16.7. The third-order valence-corrected chi connectivity index (χ3v) is 6.17. The number of benzene rings is 3. The molecule has 1 unspecified atom stereocenters. The number of aliphatic hydroxyl groups excluding tert-OH is 1. The van der Waals surface area contributed by atoms with Gasteiger partial charge in [0.15, 0.2) is 0 Å². The van der Waals surface area contributed by atoms with Crippen LogP contribution in [0.3, 0.4) is 0 Å². The Morgan fingerprint density at radius 3 is 2.34 bits per heavy atom. The summed E-state index contributed by atoms with van der Waals surface area (Å²) in [5.74, 6) is -0.542. The lowest BCUT2D eigenvalue weighted by Crippen LogP contribution is -2.30. The molecule has 1 aliphatic rings. The molecule has 1 atom stereocenters. The van der Waals surface area contributed by atoms with Crippen LogP contribution in [0, 0.1) is 13.8 Å². The summed E-state index contributed by atoms with van der Waals surface area (Å²) < 4.78 is 11.2. The molecule has 0 bridgehead atoms. The average molecular weight is 472 g/mol. The van der Waals surface area contributed by atoms with Crippen molar-refractivity contribution in [2.45, 2.75) is 39.8 Å². The zero-order valence-corrected chi connectivity index (χ0v) is 20.5. The van der Waals surface area contributed by atoms with E-state index in [1.807, 2.05) is 52.0 Å². The van der Waals surface area contributed by atoms with Crippen LogP contribution in [0.2, 0.25) is 0 Å². The topological polar surface area (TPSA) is 76.1 Å². The first-order valence-corrected chi connectivity index (χ1v) is 11.5. The zero-order chi connectivity index (χ0) is 25.3. The van der Waals surface area contributed by atoms with E-state index in [0.717, 1.165) is 11.1 Å². The lowest BCUT2D eigenvalue weighted by molar-refractivity contribution is -0.132. The van der Waals surface area contributed by atoms with Gasteiger partial charge in [0.05, 0.1) is 24.8 Å². The third kappa shape index (κ3) is 4.52. The average Bonchev–Trinajstić information content (AvgIpc) is 3.10. The van der Waals surface area contributed by atoms with Crippen LogP contribution < -0.4 is 14.4 Å². The number of hydrogen-bond acceptors (Lipinski definition) is 5. The molecule has 1 saturated heterocycles. The van der Waals surface area contributed by atoms with Gasteiger partial charge in [-0.05, 0) is 74.7 Å². The molecule has 1 fully saturated rings. The molecule has 4 rings (SSSR count). The smallest absolute Gasteiger partial charge is 0.300 e. The number of amides is 1. The largest absolute Gasteiger partial charge is 0.507 e. The van der Waals surface area contributed by atoms with Crippen LogP contribution >= 0.6 is 0 Å². The summed E-state index contributed by atoms with van der Waals surface area (Å²) in [6.45, 7) is 7.69. The molecular weight excluding hydrogens is 442 g/mol. The fourth-order valence-electron chi connectivity index (χ4n) is 4.35. The summed E-state index contributed by atoms with van der Waals surface area (Å²) in [7, 11) is 1.56. The number of carbonyl (C=O) groups is 2. The number of hydrogen-bond donors (Lipinski definition) is 1. The number of methoxy groups -OCH3 is 1. The lowest BCUT2D eigenvalue weighted by Gasteiger charge is -2.27. The lowest BCUT2D eigenvalue weighted by atomic mass is 9.94. The van der Waals surface area contributed by atoms with Crippen molar-refractivity contribution in [2.24, 2.45) is 0 Å². The van der Waals surface area contributed by atoms with Gasteiger partial charge in [0.2, 0.25) is 0 Å². The number of ether oxygens (including phenoxy) is 2. The van der Waals surface area contributed by atoms with Gasteiger partial charge in [-0.1, -0.05) is 36.4 Å². The molecule has 180 valence electrons. The highest BCUT2D eigenvalue weighted by Gasteiger charge is 2.47. The van der Waals surface area contributed by atoms with Gasteiger partial charge in [-0.3, -0.25) is 14.5 Å². The Hall–Kier alpha value is -4.06. The molecule has 3 aromatic rings. The van der Waals surface area contributed by atoms with Crippen LogP contribution in [0.25, 0.3) is 5.76 Å². The van der Waals surface area contributed by atoms with E-state index in [4.69, 9.17) is 9.47 Å². The number of rotatable bonds is 6. The van der Waals surface area contributed by atoms with Crippen molar-refractivity contribution in [1.82, 2.24) is 0 Å². The number of anilines is 1. The minimum absolute atomic E-state index is 0.0193. The van der Waals surface area contributed by atoms with Gasteiger partial charge in [0, 0.05) is 11.3 Å². The number of nitrogens with zero attached hydrogens (tertiary/aromatic N) is 1. The van der Waals surface area contributed by atoms with Gasteiger partial charge in [-0.15, -0.1) is 0 Å². The molecule has 0 aliphatic carbocycles. The molecule has 0 radical (unpaired) electrons. The second kappa shape index (κ2) is 9.66. The minimum Gasteiger partial charge on any atom is -0.507 e. The number of aryl methyl sites for hydroxylation is 1. The highest BCUT2D eigenvalue weighted by atomic mass is 16.5. The van der Waals surface area contributed by atoms with E-state index in [9.17, 15) is 14.7 Å². The maximum absolute atomic E-state index is 13.4. The molecule has 6 heteroatoms. The van der Waals surface area contributed by atoms with Crippen molar-refractivity contribution >= 4 is 23.1 Å². The molecular formula is C29H29NO5. The number of ketones is 1. The molecule has 0 saturated carbocycles. The number of carbonyl (C=O) groups excluding carboxylic acids is 2. The van der Waals surface area contributed by atoms with Gasteiger partial charge in [0.1, 0.15) is 17.3 Å². The van der Waals surface area contributed by atoms with Crippen molar-refractivity contribution < 1.29 is 24.2 Å². The predicted molar refractivity (Wildman–Crippen MR) is 136 cm³/mol. The summed E-state index contributed by atoms with van der Waals surface area (Å²) in [5.41, 5.74) is 3.57. The second-order valence-electron chi connectivity index (χ2n) is 8.86. The molecule has 1 aliphatic heterocycles. The van der Waals surface area contributed by atoms with Gasteiger partial charge in [-0.2, -0.15) is 0 Å². The van der Waals surface area contributed by atoms with E-state index in [2.05, 4.69) is 0 Å². The van der Waals surface area contributed by atoms with Crippen molar-refractivity contribution in [1.29, 1.82) is 0 Å². The van der Waals surface area contributed by atoms with Gasteiger partial charge >= 0.3 is 0 Å².